The van der Waals surface area contributed by atoms with Crippen molar-refractivity contribution in [2.45, 2.75) is 39.8 Å². The van der Waals surface area contributed by atoms with E-state index in [0.29, 0.717) is 19.0 Å². The standard InChI is InChI=1S/C13H20N6S2.HI/c1-8(2)12-19-18-11(21-12)6-16-13(14-4)15-5-10-17-9(3)7-20-10;/h7-8H,5-6H2,1-4H3,(H2,14,15,16);1H. The Morgan fingerprint density at radius 2 is 1.91 bits per heavy atom. The molecular formula is C13H21IN6S2. The van der Waals surface area contributed by atoms with Gasteiger partial charge in [0.25, 0.3) is 0 Å². The first kappa shape index (κ1) is 19.2. The lowest BCUT2D eigenvalue weighted by Crippen LogP contribution is -2.36. The topological polar surface area (TPSA) is 75.1 Å². The molecule has 9 heteroatoms. The Bertz CT molecular complexity index is 607. The van der Waals surface area contributed by atoms with Crippen LogP contribution >= 0.6 is 46.7 Å². The van der Waals surface area contributed by atoms with Crippen molar-refractivity contribution in [3.05, 3.63) is 26.1 Å². The van der Waals surface area contributed by atoms with Crippen LogP contribution < -0.4 is 10.6 Å². The lowest BCUT2D eigenvalue weighted by atomic mass is 10.2. The van der Waals surface area contributed by atoms with Crippen LogP contribution in [0.5, 0.6) is 0 Å². The maximum Gasteiger partial charge on any atom is 0.191 e. The predicted octanol–water partition coefficient (Wildman–Crippen LogP) is 2.91. The quantitative estimate of drug-likeness (QED) is 0.415. The van der Waals surface area contributed by atoms with Gasteiger partial charge in [0, 0.05) is 24.0 Å². The Morgan fingerprint density at radius 1 is 1.23 bits per heavy atom. The number of nitrogens with zero attached hydrogens (tertiary/aromatic N) is 4. The first-order valence-electron chi connectivity index (χ1n) is 6.76. The Hall–Kier alpha value is -0.810. The van der Waals surface area contributed by atoms with Gasteiger partial charge < -0.3 is 10.6 Å². The first-order chi connectivity index (χ1) is 10.1. The molecule has 0 aliphatic heterocycles. The monoisotopic (exact) mass is 452 g/mol. The average Bonchev–Trinajstić information content (AvgIpc) is 3.08. The zero-order valence-corrected chi connectivity index (χ0v) is 17.0. The molecule has 22 heavy (non-hydrogen) atoms. The van der Waals surface area contributed by atoms with E-state index in [4.69, 9.17) is 0 Å². The molecule has 0 amide bonds. The number of aromatic nitrogens is 3. The number of hydrogen-bond donors (Lipinski definition) is 2. The molecule has 0 unspecified atom stereocenters. The number of aryl methyl sites for hydroxylation is 1. The van der Waals surface area contributed by atoms with Gasteiger partial charge >= 0.3 is 0 Å². The highest BCUT2D eigenvalue weighted by molar-refractivity contribution is 14.0. The van der Waals surface area contributed by atoms with Crippen molar-refractivity contribution in [2.75, 3.05) is 7.05 Å². The summed E-state index contributed by atoms with van der Waals surface area (Å²) in [6, 6.07) is 0. The van der Waals surface area contributed by atoms with Gasteiger partial charge in [-0.1, -0.05) is 25.2 Å². The molecule has 2 aromatic heterocycles. The van der Waals surface area contributed by atoms with Crippen molar-refractivity contribution in [1.29, 1.82) is 0 Å². The zero-order valence-electron chi connectivity index (χ0n) is 13.1. The Balaban J connectivity index is 0.00000242. The van der Waals surface area contributed by atoms with Gasteiger partial charge in [-0.2, -0.15) is 0 Å². The van der Waals surface area contributed by atoms with Gasteiger partial charge in [-0.25, -0.2) is 4.98 Å². The molecule has 2 rings (SSSR count). The summed E-state index contributed by atoms with van der Waals surface area (Å²) in [6.07, 6.45) is 0. The molecule has 0 radical (unpaired) electrons. The van der Waals surface area contributed by atoms with Gasteiger partial charge in [-0.15, -0.1) is 45.5 Å². The van der Waals surface area contributed by atoms with E-state index in [0.717, 1.165) is 26.7 Å². The summed E-state index contributed by atoms with van der Waals surface area (Å²) >= 11 is 3.28. The van der Waals surface area contributed by atoms with E-state index in [9.17, 15) is 0 Å². The fourth-order valence-corrected chi connectivity index (χ4v) is 3.09. The van der Waals surface area contributed by atoms with E-state index in [2.05, 4.69) is 44.7 Å². The third-order valence-electron chi connectivity index (χ3n) is 2.68. The van der Waals surface area contributed by atoms with Crippen molar-refractivity contribution >= 4 is 52.6 Å². The number of aliphatic imine (C=N–C) groups is 1. The Morgan fingerprint density at radius 3 is 2.41 bits per heavy atom. The second-order valence-corrected chi connectivity index (χ2v) is 6.89. The lowest BCUT2D eigenvalue weighted by molar-refractivity contribution is 0.781. The number of nitrogens with one attached hydrogen (secondary N) is 2. The summed E-state index contributed by atoms with van der Waals surface area (Å²) in [5.74, 6) is 1.16. The number of halogens is 1. The summed E-state index contributed by atoms with van der Waals surface area (Å²) in [5.41, 5.74) is 1.05. The maximum absolute atomic E-state index is 4.41. The summed E-state index contributed by atoms with van der Waals surface area (Å²) in [7, 11) is 1.75. The molecule has 2 aromatic rings. The van der Waals surface area contributed by atoms with E-state index in [-0.39, 0.29) is 24.0 Å². The average molecular weight is 452 g/mol. The molecule has 122 valence electrons. The van der Waals surface area contributed by atoms with Crippen LogP contribution in [0.25, 0.3) is 0 Å². The van der Waals surface area contributed by atoms with E-state index in [1.165, 1.54) is 0 Å². The molecule has 0 fully saturated rings. The van der Waals surface area contributed by atoms with Crippen molar-refractivity contribution in [3.8, 4) is 0 Å². The van der Waals surface area contributed by atoms with Crippen molar-refractivity contribution < 1.29 is 0 Å². The van der Waals surface area contributed by atoms with E-state index >= 15 is 0 Å². The molecular weight excluding hydrogens is 431 g/mol. The van der Waals surface area contributed by atoms with Gasteiger partial charge in [-0.3, -0.25) is 4.99 Å². The van der Waals surface area contributed by atoms with Crippen LogP contribution in [-0.4, -0.2) is 28.2 Å². The van der Waals surface area contributed by atoms with E-state index < -0.39 is 0 Å². The molecule has 0 aliphatic rings. The normalized spacial score (nSPS) is 11.4. The van der Waals surface area contributed by atoms with Crippen LogP contribution in [0.1, 0.15) is 40.5 Å². The number of rotatable bonds is 5. The fraction of sp³-hybridized carbons (Fsp3) is 0.538. The number of hydrogen-bond acceptors (Lipinski definition) is 6. The summed E-state index contributed by atoms with van der Waals surface area (Å²) in [4.78, 5) is 8.61. The SMILES string of the molecule is CN=C(NCc1nc(C)cs1)NCc1nnc(C(C)C)s1.I. The van der Waals surface area contributed by atoms with Gasteiger partial charge in [0.05, 0.1) is 13.1 Å². The van der Waals surface area contributed by atoms with Crippen LogP contribution in [0.15, 0.2) is 10.4 Å². The molecule has 0 aliphatic carbocycles. The first-order valence-corrected chi connectivity index (χ1v) is 8.46. The predicted molar refractivity (Wildman–Crippen MR) is 103 cm³/mol. The molecule has 0 spiro atoms. The third kappa shape index (κ3) is 5.76. The second-order valence-electron chi connectivity index (χ2n) is 4.85. The molecule has 0 atom stereocenters. The second kappa shape index (κ2) is 9.36. The van der Waals surface area contributed by atoms with Crippen LogP contribution in [0.2, 0.25) is 0 Å². The van der Waals surface area contributed by atoms with Crippen molar-refractivity contribution in [3.63, 3.8) is 0 Å². The van der Waals surface area contributed by atoms with Crippen molar-refractivity contribution in [2.24, 2.45) is 4.99 Å². The zero-order chi connectivity index (χ0) is 15.2. The minimum atomic E-state index is 0. The highest BCUT2D eigenvalue weighted by Crippen LogP contribution is 2.18. The van der Waals surface area contributed by atoms with Crippen LogP contribution in [0.4, 0.5) is 0 Å². The largest absolute Gasteiger partial charge is 0.350 e. The molecule has 0 bridgehead atoms. The maximum atomic E-state index is 4.41. The van der Waals surface area contributed by atoms with Crippen LogP contribution in [0, 0.1) is 6.92 Å². The van der Waals surface area contributed by atoms with Gasteiger partial charge in [0.1, 0.15) is 15.0 Å². The lowest BCUT2D eigenvalue weighted by Gasteiger charge is -2.09. The summed E-state index contributed by atoms with van der Waals surface area (Å²) in [6.45, 7) is 7.53. The van der Waals surface area contributed by atoms with Gasteiger partial charge in [-0.05, 0) is 6.92 Å². The summed E-state index contributed by atoms with van der Waals surface area (Å²) in [5, 5.41) is 20.0. The highest BCUT2D eigenvalue weighted by atomic mass is 127. The Kier molecular flexibility index (Phi) is 8.18. The molecule has 2 N–H and O–H groups in total. The fourth-order valence-electron chi connectivity index (χ4n) is 1.59. The minimum Gasteiger partial charge on any atom is -0.350 e. The Labute approximate surface area is 155 Å². The molecule has 0 saturated carbocycles. The van der Waals surface area contributed by atoms with E-state index in [1.54, 1.807) is 29.7 Å². The minimum absolute atomic E-state index is 0. The molecule has 0 saturated heterocycles. The van der Waals surface area contributed by atoms with E-state index in [1.807, 2.05) is 12.3 Å². The van der Waals surface area contributed by atoms with Crippen LogP contribution in [0.3, 0.4) is 0 Å². The molecule has 0 aromatic carbocycles. The van der Waals surface area contributed by atoms with Gasteiger partial charge in [0.2, 0.25) is 0 Å². The number of thiazole rings is 1. The molecule has 6 nitrogen and oxygen atoms in total. The van der Waals surface area contributed by atoms with Crippen LogP contribution in [-0.2, 0) is 13.1 Å². The highest BCUT2D eigenvalue weighted by Gasteiger charge is 2.08. The number of guanidine groups is 1. The smallest absolute Gasteiger partial charge is 0.191 e. The van der Waals surface area contributed by atoms with Crippen molar-refractivity contribution in [1.82, 2.24) is 25.8 Å². The third-order valence-corrected chi connectivity index (χ3v) is 4.87. The summed E-state index contributed by atoms with van der Waals surface area (Å²) < 4.78 is 0. The molecule has 2 heterocycles. The van der Waals surface area contributed by atoms with Gasteiger partial charge in [0.15, 0.2) is 5.96 Å².